The molecule has 1 heterocycles. The fourth-order valence-electron chi connectivity index (χ4n) is 3.22. The number of methoxy groups -OCH3 is 1. The number of aromatic nitrogens is 1. The van der Waals surface area contributed by atoms with Crippen LogP contribution in [0.3, 0.4) is 0 Å². The van der Waals surface area contributed by atoms with E-state index in [-0.39, 0.29) is 12.1 Å². The number of rotatable bonds is 8. The van der Waals surface area contributed by atoms with Crippen LogP contribution in [-0.2, 0) is 12.8 Å². The van der Waals surface area contributed by atoms with Gasteiger partial charge in [-0.25, -0.2) is 4.98 Å². The van der Waals surface area contributed by atoms with Gasteiger partial charge >= 0.3 is 0 Å². The zero-order chi connectivity index (χ0) is 17.8. The summed E-state index contributed by atoms with van der Waals surface area (Å²) in [6, 6.07) is 6.64. The molecule has 3 rings (SSSR count). The molecular weight excluding hydrogens is 332 g/mol. The largest absolute Gasteiger partial charge is 0.493 e. The van der Waals surface area contributed by atoms with Crippen molar-refractivity contribution in [3.63, 3.8) is 0 Å². The summed E-state index contributed by atoms with van der Waals surface area (Å²) in [5.41, 5.74) is 2.51. The van der Waals surface area contributed by atoms with E-state index in [9.17, 15) is 0 Å². The average molecular weight is 361 g/mol. The van der Waals surface area contributed by atoms with Crippen LogP contribution in [-0.4, -0.2) is 18.7 Å². The van der Waals surface area contributed by atoms with Gasteiger partial charge in [0.1, 0.15) is 5.01 Å². The number of nitrogens with one attached hydrogen (secondary N) is 1. The summed E-state index contributed by atoms with van der Waals surface area (Å²) in [5, 5.41) is 4.87. The van der Waals surface area contributed by atoms with E-state index in [1.807, 2.05) is 17.4 Å². The lowest BCUT2D eigenvalue weighted by molar-refractivity contribution is 0.294. The Bertz CT molecular complexity index is 692. The van der Waals surface area contributed by atoms with Gasteiger partial charge in [0.05, 0.1) is 25.5 Å². The van der Waals surface area contributed by atoms with E-state index in [0.717, 1.165) is 24.3 Å². The molecular formula is C20H28N2O2S. The quantitative estimate of drug-likeness (QED) is 0.731. The van der Waals surface area contributed by atoms with Gasteiger partial charge in [0.2, 0.25) is 0 Å². The van der Waals surface area contributed by atoms with Gasteiger partial charge in [0.15, 0.2) is 11.5 Å². The minimum Gasteiger partial charge on any atom is -0.493 e. The second kappa shape index (κ2) is 8.19. The molecule has 0 bridgehead atoms. The fourth-order valence-corrected chi connectivity index (χ4v) is 4.39. The van der Waals surface area contributed by atoms with E-state index < -0.39 is 0 Å². The van der Waals surface area contributed by atoms with E-state index in [1.54, 1.807) is 7.11 Å². The predicted molar refractivity (Wildman–Crippen MR) is 103 cm³/mol. The first kappa shape index (κ1) is 18.2. The molecule has 4 nitrogen and oxygen atoms in total. The molecule has 0 saturated heterocycles. The van der Waals surface area contributed by atoms with Gasteiger partial charge in [-0.1, -0.05) is 13.0 Å². The highest BCUT2D eigenvalue weighted by Crippen LogP contribution is 2.33. The molecule has 2 aromatic rings. The summed E-state index contributed by atoms with van der Waals surface area (Å²) in [5.74, 6) is 1.60. The normalized spacial score (nSPS) is 15.7. The predicted octanol–water partition coefficient (Wildman–Crippen LogP) is 4.84. The first-order valence-corrected chi connectivity index (χ1v) is 9.99. The Morgan fingerprint density at radius 1 is 1.20 bits per heavy atom. The van der Waals surface area contributed by atoms with E-state index in [0.29, 0.717) is 6.61 Å². The number of thiazole rings is 1. The minimum absolute atomic E-state index is 0.211. The first-order valence-electron chi connectivity index (χ1n) is 9.17. The van der Waals surface area contributed by atoms with Crippen molar-refractivity contribution >= 4 is 11.3 Å². The van der Waals surface area contributed by atoms with Crippen molar-refractivity contribution in [2.75, 3.05) is 13.7 Å². The van der Waals surface area contributed by atoms with Crippen LogP contribution in [0, 0.1) is 0 Å². The Balaban J connectivity index is 1.68. The number of nitrogens with zero attached hydrogens (tertiary/aromatic N) is 1. The summed E-state index contributed by atoms with van der Waals surface area (Å²) in [6.45, 7) is 7.18. The maximum Gasteiger partial charge on any atom is 0.161 e. The summed E-state index contributed by atoms with van der Waals surface area (Å²) >= 11 is 1.87. The third-order valence-electron chi connectivity index (χ3n) is 4.63. The lowest BCUT2D eigenvalue weighted by Gasteiger charge is -2.20. The van der Waals surface area contributed by atoms with Gasteiger partial charge in [-0.15, -0.1) is 11.3 Å². The summed E-state index contributed by atoms with van der Waals surface area (Å²) in [4.78, 5) is 6.31. The molecule has 1 aromatic carbocycles. The zero-order valence-electron chi connectivity index (χ0n) is 15.6. The third kappa shape index (κ3) is 4.15. The molecule has 5 heteroatoms. The second-order valence-electron chi connectivity index (χ2n) is 6.64. The maximum atomic E-state index is 5.74. The number of fused-ring (bicyclic) bond motifs is 1. The van der Waals surface area contributed by atoms with Gasteiger partial charge in [-0.3, -0.25) is 0 Å². The lowest BCUT2D eigenvalue weighted by atomic mass is 10.1. The smallest absolute Gasteiger partial charge is 0.161 e. The summed E-state index contributed by atoms with van der Waals surface area (Å²) in [6.07, 6.45) is 4.59. The van der Waals surface area contributed by atoms with Crippen LogP contribution >= 0.6 is 11.3 Å². The Labute approximate surface area is 154 Å². The standard InChI is InChI=1S/C20H28N2O2S/c1-5-11-24-17-10-9-15(12-18(17)23-4)13(2)21-14(3)20-22-16-7-6-8-19(16)25-20/h9-10,12-14,21H,5-8,11H2,1-4H3/t13-,14+/m1/s1. The van der Waals surface area contributed by atoms with Crippen LogP contribution in [0.15, 0.2) is 18.2 Å². The number of benzene rings is 1. The Morgan fingerprint density at radius 2 is 2.04 bits per heavy atom. The van der Waals surface area contributed by atoms with E-state index in [4.69, 9.17) is 14.5 Å². The van der Waals surface area contributed by atoms with Crippen LogP contribution in [0.1, 0.15) is 66.8 Å². The number of hydrogen-bond donors (Lipinski definition) is 1. The number of hydrogen-bond acceptors (Lipinski definition) is 5. The Morgan fingerprint density at radius 3 is 2.76 bits per heavy atom. The summed E-state index contributed by atoms with van der Waals surface area (Å²) in [7, 11) is 1.69. The lowest BCUT2D eigenvalue weighted by Crippen LogP contribution is -2.22. The molecule has 1 aliphatic rings. The molecule has 0 aliphatic heterocycles. The molecule has 1 aromatic heterocycles. The van der Waals surface area contributed by atoms with E-state index in [2.05, 4.69) is 38.2 Å². The van der Waals surface area contributed by atoms with Crippen molar-refractivity contribution in [2.45, 2.75) is 58.5 Å². The van der Waals surface area contributed by atoms with E-state index >= 15 is 0 Å². The Hall–Kier alpha value is -1.59. The first-order chi connectivity index (χ1) is 12.1. The SMILES string of the molecule is CCCOc1ccc([C@@H](C)N[C@@H](C)c2nc3c(s2)CCC3)cc1OC. The van der Waals surface area contributed by atoms with Crippen LogP contribution in [0.25, 0.3) is 0 Å². The highest BCUT2D eigenvalue weighted by atomic mass is 32.1. The topological polar surface area (TPSA) is 43.4 Å². The van der Waals surface area contributed by atoms with Crippen molar-refractivity contribution in [3.8, 4) is 11.5 Å². The molecule has 0 amide bonds. The molecule has 0 unspecified atom stereocenters. The molecule has 2 atom stereocenters. The molecule has 1 aliphatic carbocycles. The molecule has 25 heavy (non-hydrogen) atoms. The molecule has 0 fully saturated rings. The van der Waals surface area contributed by atoms with Crippen molar-refractivity contribution in [2.24, 2.45) is 0 Å². The number of ether oxygens (including phenoxy) is 2. The fraction of sp³-hybridized carbons (Fsp3) is 0.550. The van der Waals surface area contributed by atoms with E-state index in [1.165, 1.54) is 34.0 Å². The monoisotopic (exact) mass is 360 g/mol. The highest BCUT2D eigenvalue weighted by Gasteiger charge is 2.21. The summed E-state index contributed by atoms with van der Waals surface area (Å²) < 4.78 is 11.2. The van der Waals surface area contributed by atoms with Crippen molar-refractivity contribution in [1.82, 2.24) is 10.3 Å². The minimum atomic E-state index is 0.211. The Kier molecular flexibility index (Phi) is 5.97. The third-order valence-corrected chi connectivity index (χ3v) is 5.97. The average Bonchev–Trinajstić information content (AvgIpc) is 3.21. The van der Waals surface area contributed by atoms with Crippen molar-refractivity contribution < 1.29 is 9.47 Å². The molecule has 1 N–H and O–H groups in total. The molecule has 136 valence electrons. The maximum absolute atomic E-state index is 5.74. The van der Waals surface area contributed by atoms with Crippen LogP contribution in [0.5, 0.6) is 11.5 Å². The van der Waals surface area contributed by atoms with Crippen LogP contribution in [0.2, 0.25) is 0 Å². The van der Waals surface area contributed by atoms with Crippen LogP contribution < -0.4 is 14.8 Å². The molecule has 0 saturated carbocycles. The number of aryl methyl sites for hydroxylation is 2. The van der Waals surface area contributed by atoms with Gasteiger partial charge < -0.3 is 14.8 Å². The second-order valence-corrected chi connectivity index (χ2v) is 7.76. The highest BCUT2D eigenvalue weighted by molar-refractivity contribution is 7.11. The van der Waals surface area contributed by atoms with Gasteiger partial charge in [0.25, 0.3) is 0 Å². The van der Waals surface area contributed by atoms with Crippen molar-refractivity contribution in [1.29, 1.82) is 0 Å². The molecule has 0 spiro atoms. The van der Waals surface area contributed by atoms with Crippen LogP contribution in [0.4, 0.5) is 0 Å². The van der Waals surface area contributed by atoms with Gasteiger partial charge in [-0.05, 0) is 57.2 Å². The van der Waals surface area contributed by atoms with Gasteiger partial charge in [-0.2, -0.15) is 0 Å². The van der Waals surface area contributed by atoms with Crippen molar-refractivity contribution in [3.05, 3.63) is 39.3 Å². The van der Waals surface area contributed by atoms with Gasteiger partial charge in [0, 0.05) is 10.9 Å². The molecule has 0 radical (unpaired) electrons. The zero-order valence-corrected chi connectivity index (χ0v) is 16.4.